The molecule has 0 radical (unpaired) electrons. The van der Waals surface area contributed by atoms with Gasteiger partial charge in [-0.15, -0.1) is 24.2 Å². The van der Waals surface area contributed by atoms with Crippen LogP contribution in [0.3, 0.4) is 0 Å². The Bertz CT molecular complexity index is 779. The smallest absolute Gasteiger partial charge is 0.137 e. The van der Waals surface area contributed by atoms with Crippen LogP contribution >= 0.6 is 60.0 Å². The van der Waals surface area contributed by atoms with Crippen molar-refractivity contribution in [1.29, 1.82) is 0 Å². The van der Waals surface area contributed by atoms with Gasteiger partial charge in [-0.3, -0.25) is 0 Å². The molecule has 0 aliphatic carbocycles. The highest BCUT2D eigenvalue weighted by Crippen LogP contribution is 2.37. The third-order valence-corrected chi connectivity index (χ3v) is 5.95. The first kappa shape index (κ1) is 26.5. The third-order valence-electron chi connectivity index (χ3n) is 4.04. The summed E-state index contributed by atoms with van der Waals surface area (Å²) in [4.78, 5) is 14.1. The summed E-state index contributed by atoms with van der Waals surface area (Å²) >= 11 is 18.8. The molecule has 29 heavy (non-hydrogen) atoms. The Hall–Kier alpha value is -0.560. The maximum absolute atomic E-state index is 11.8. The molecule has 3 nitrogen and oxygen atoms in total. The minimum Gasteiger partial charge on any atom is -0.353 e. The fourth-order valence-corrected chi connectivity index (χ4v) is 4.76. The van der Waals surface area contributed by atoms with E-state index in [0.717, 1.165) is 36.4 Å². The molecule has 1 N–H and O–H groups in total. The number of para-hydroxylation sites is 2. The first-order chi connectivity index (χ1) is 13.2. The van der Waals surface area contributed by atoms with Gasteiger partial charge in [-0.25, -0.2) is 0 Å². The molecule has 1 atom stereocenters. The second-order valence-corrected chi connectivity index (χ2v) is 10.6. The average molecular weight is 494 g/mol. The average Bonchev–Trinajstić information content (AvgIpc) is 2.61. The number of benzene rings is 2. The van der Waals surface area contributed by atoms with Crippen LogP contribution in [0.15, 0.2) is 42.5 Å². The van der Waals surface area contributed by atoms with Gasteiger partial charge in [0.15, 0.2) is 0 Å². The Labute approximate surface area is 199 Å². The van der Waals surface area contributed by atoms with E-state index >= 15 is 0 Å². The van der Waals surface area contributed by atoms with Gasteiger partial charge in [-0.1, -0.05) is 47.5 Å². The third kappa shape index (κ3) is 8.60. The Morgan fingerprint density at radius 3 is 2.38 bits per heavy atom. The van der Waals surface area contributed by atoms with Crippen LogP contribution in [-0.2, 0) is 4.79 Å². The summed E-state index contributed by atoms with van der Waals surface area (Å²) < 4.78 is -0.0474. The number of aldehydes is 1. The van der Waals surface area contributed by atoms with Crippen molar-refractivity contribution in [2.45, 2.75) is 23.8 Å². The second kappa shape index (κ2) is 12.3. The molecule has 0 amide bonds. The molecule has 0 bridgehead atoms. The molecule has 0 aliphatic heterocycles. The van der Waals surface area contributed by atoms with E-state index in [9.17, 15) is 4.79 Å². The predicted molar refractivity (Wildman–Crippen MR) is 135 cm³/mol. The standard InChI is InChI=1S/C21H26Cl2N2OS2.ClH/c1-21(2,27)14-25(3)11-12-28-19(13-26)15-7-4-5-10-18(15)24-20-16(22)8-6-9-17(20)23;/h4-10,13,19,24,27H,11-12,14H2,1-3H3;1H. The number of carbonyl (C=O) groups excluding carboxylic acids is 1. The molecule has 1 unspecified atom stereocenters. The topological polar surface area (TPSA) is 32.3 Å². The zero-order valence-corrected chi connectivity index (χ0v) is 20.7. The highest BCUT2D eigenvalue weighted by molar-refractivity contribution is 8.00. The number of carbonyl (C=O) groups is 1. The molecule has 0 heterocycles. The zero-order chi connectivity index (χ0) is 20.7. The summed E-state index contributed by atoms with van der Waals surface area (Å²) in [5, 5.41) is 4.09. The lowest BCUT2D eigenvalue weighted by atomic mass is 10.1. The van der Waals surface area contributed by atoms with Crippen molar-refractivity contribution in [3.8, 4) is 0 Å². The lowest BCUT2D eigenvalue weighted by Crippen LogP contribution is -2.33. The Balaban J connectivity index is 0.00000420. The number of hydrogen-bond donors (Lipinski definition) is 2. The van der Waals surface area contributed by atoms with Crippen LogP contribution in [0.2, 0.25) is 10.0 Å². The molecular formula is C21H27Cl3N2OS2. The number of rotatable bonds is 10. The largest absolute Gasteiger partial charge is 0.353 e. The SMILES string of the molecule is CN(CCSC(C=O)c1ccccc1Nc1c(Cl)cccc1Cl)CC(C)(C)S.Cl. The van der Waals surface area contributed by atoms with E-state index in [4.69, 9.17) is 23.2 Å². The van der Waals surface area contributed by atoms with Gasteiger partial charge in [-0.05, 0) is 44.7 Å². The summed E-state index contributed by atoms with van der Waals surface area (Å²) in [6.07, 6.45) is 0.988. The molecule has 2 aromatic rings. The van der Waals surface area contributed by atoms with Crippen molar-refractivity contribution in [3.05, 3.63) is 58.1 Å². The maximum atomic E-state index is 11.8. The van der Waals surface area contributed by atoms with E-state index in [1.807, 2.05) is 24.3 Å². The van der Waals surface area contributed by atoms with Crippen LogP contribution in [-0.4, -0.2) is 41.8 Å². The molecule has 0 saturated carbocycles. The van der Waals surface area contributed by atoms with Crippen molar-refractivity contribution in [3.63, 3.8) is 0 Å². The first-order valence-electron chi connectivity index (χ1n) is 8.99. The van der Waals surface area contributed by atoms with E-state index in [0.29, 0.717) is 15.7 Å². The Kier molecular flexibility index (Phi) is 11.3. The summed E-state index contributed by atoms with van der Waals surface area (Å²) in [5.41, 5.74) is 2.38. The van der Waals surface area contributed by atoms with Crippen molar-refractivity contribution < 1.29 is 4.79 Å². The highest BCUT2D eigenvalue weighted by atomic mass is 35.5. The Morgan fingerprint density at radius 2 is 1.79 bits per heavy atom. The molecule has 160 valence electrons. The van der Waals surface area contributed by atoms with Crippen molar-refractivity contribution in [1.82, 2.24) is 4.90 Å². The molecule has 0 saturated heterocycles. The number of nitrogens with one attached hydrogen (secondary N) is 1. The highest BCUT2D eigenvalue weighted by Gasteiger charge is 2.18. The van der Waals surface area contributed by atoms with Crippen LogP contribution in [0.5, 0.6) is 0 Å². The summed E-state index contributed by atoms with van der Waals surface area (Å²) in [7, 11) is 2.07. The predicted octanol–water partition coefficient (Wildman–Crippen LogP) is 6.77. The molecule has 2 rings (SSSR count). The van der Waals surface area contributed by atoms with Crippen LogP contribution < -0.4 is 5.32 Å². The zero-order valence-electron chi connectivity index (χ0n) is 16.7. The van der Waals surface area contributed by atoms with E-state index < -0.39 is 0 Å². The van der Waals surface area contributed by atoms with Gasteiger partial charge < -0.3 is 15.0 Å². The van der Waals surface area contributed by atoms with E-state index in [2.05, 4.69) is 43.7 Å². The van der Waals surface area contributed by atoms with Crippen molar-refractivity contribution >= 4 is 77.7 Å². The molecular weight excluding hydrogens is 467 g/mol. The van der Waals surface area contributed by atoms with Gasteiger partial charge in [0.05, 0.1) is 21.0 Å². The molecule has 2 aromatic carbocycles. The van der Waals surface area contributed by atoms with Crippen molar-refractivity contribution in [2.75, 3.05) is 31.2 Å². The number of thiol groups is 1. The molecule has 0 spiro atoms. The molecule has 0 aliphatic rings. The van der Waals surface area contributed by atoms with Crippen molar-refractivity contribution in [2.24, 2.45) is 0 Å². The number of thioether (sulfide) groups is 1. The molecule has 0 fully saturated rings. The normalized spacial score (nSPS) is 12.4. The monoisotopic (exact) mass is 492 g/mol. The fourth-order valence-electron chi connectivity index (χ4n) is 2.89. The van der Waals surface area contributed by atoms with E-state index in [1.54, 1.807) is 30.0 Å². The van der Waals surface area contributed by atoms with Gasteiger partial charge in [0, 0.05) is 29.3 Å². The molecule has 0 aromatic heterocycles. The lowest BCUT2D eigenvalue weighted by molar-refractivity contribution is -0.107. The second-order valence-electron chi connectivity index (χ2n) is 7.29. The summed E-state index contributed by atoms with van der Waals surface area (Å²) in [6.45, 7) is 5.95. The minimum absolute atomic E-state index is 0. The lowest BCUT2D eigenvalue weighted by Gasteiger charge is -2.26. The number of halogens is 3. The fraction of sp³-hybridized carbons (Fsp3) is 0.381. The van der Waals surface area contributed by atoms with E-state index in [-0.39, 0.29) is 22.4 Å². The van der Waals surface area contributed by atoms with Crippen LogP contribution in [0.4, 0.5) is 11.4 Å². The van der Waals surface area contributed by atoms with Gasteiger partial charge in [0.25, 0.3) is 0 Å². The van der Waals surface area contributed by atoms with Crippen LogP contribution in [0, 0.1) is 0 Å². The molecule has 8 heteroatoms. The quantitative estimate of drug-likeness (QED) is 0.282. The van der Waals surface area contributed by atoms with Crippen LogP contribution in [0.1, 0.15) is 24.7 Å². The van der Waals surface area contributed by atoms with Gasteiger partial charge >= 0.3 is 0 Å². The Morgan fingerprint density at radius 1 is 1.17 bits per heavy atom. The summed E-state index contributed by atoms with van der Waals surface area (Å²) in [5.74, 6) is 0.838. The van der Waals surface area contributed by atoms with Gasteiger partial charge in [0.2, 0.25) is 0 Å². The van der Waals surface area contributed by atoms with Gasteiger partial charge in [0.1, 0.15) is 6.29 Å². The van der Waals surface area contributed by atoms with Gasteiger partial charge in [-0.2, -0.15) is 12.6 Å². The number of nitrogens with zero attached hydrogens (tertiary/aromatic N) is 1. The van der Waals surface area contributed by atoms with Crippen LogP contribution in [0.25, 0.3) is 0 Å². The minimum atomic E-state index is -0.276. The van der Waals surface area contributed by atoms with E-state index in [1.165, 1.54) is 0 Å². The summed E-state index contributed by atoms with van der Waals surface area (Å²) in [6, 6.07) is 13.1. The maximum Gasteiger partial charge on any atom is 0.137 e. The number of hydrogen-bond acceptors (Lipinski definition) is 5. The first-order valence-corrected chi connectivity index (χ1v) is 11.2. The number of anilines is 2.